The lowest BCUT2D eigenvalue weighted by molar-refractivity contribution is -0.154. The zero-order valence-corrected chi connectivity index (χ0v) is 36.7. The molecule has 0 aromatic carbocycles. The molecular formula is C47H84NO7P. The molecule has 56 heavy (non-hydrogen) atoms. The van der Waals surface area contributed by atoms with Crippen LogP contribution in [-0.2, 0) is 27.9 Å². The lowest BCUT2D eigenvalue weighted by Gasteiger charge is -2.20. The van der Waals surface area contributed by atoms with Crippen LogP contribution < -0.4 is 5.73 Å². The molecule has 0 aliphatic rings. The molecule has 8 nitrogen and oxygen atoms in total. The zero-order valence-electron chi connectivity index (χ0n) is 35.8. The number of carbonyl (C=O) groups is 1. The van der Waals surface area contributed by atoms with E-state index in [4.69, 9.17) is 24.3 Å². The number of phosphoric acid groups is 1. The third-order valence-corrected chi connectivity index (χ3v) is 10.1. The van der Waals surface area contributed by atoms with Gasteiger partial charge in [0.1, 0.15) is 6.10 Å². The lowest BCUT2D eigenvalue weighted by atomic mass is 10.1. The van der Waals surface area contributed by atoms with Gasteiger partial charge >= 0.3 is 13.8 Å². The summed E-state index contributed by atoms with van der Waals surface area (Å²) in [5.41, 5.74) is 5.37. The summed E-state index contributed by atoms with van der Waals surface area (Å²) in [5.74, 6) is -0.344. The van der Waals surface area contributed by atoms with E-state index in [0.717, 1.165) is 77.0 Å². The molecule has 0 fully saturated rings. The van der Waals surface area contributed by atoms with E-state index in [-0.39, 0.29) is 32.3 Å². The summed E-state index contributed by atoms with van der Waals surface area (Å²) in [6, 6.07) is 0. The van der Waals surface area contributed by atoms with Crippen molar-refractivity contribution in [1.29, 1.82) is 0 Å². The van der Waals surface area contributed by atoms with Crippen molar-refractivity contribution in [2.75, 3.05) is 33.0 Å². The van der Waals surface area contributed by atoms with Gasteiger partial charge in [-0.05, 0) is 83.5 Å². The Bertz CT molecular complexity index is 1080. The summed E-state index contributed by atoms with van der Waals surface area (Å²) in [5, 5.41) is 0. The van der Waals surface area contributed by atoms with Crippen LogP contribution in [-0.4, -0.2) is 49.9 Å². The van der Waals surface area contributed by atoms with Gasteiger partial charge in [-0.25, -0.2) is 4.57 Å². The second-order valence-electron chi connectivity index (χ2n) is 14.5. The molecule has 0 amide bonds. The van der Waals surface area contributed by atoms with Crippen molar-refractivity contribution in [1.82, 2.24) is 0 Å². The molecule has 324 valence electrons. The van der Waals surface area contributed by atoms with E-state index in [9.17, 15) is 14.3 Å². The highest BCUT2D eigenvalue weighted by Gasteiger charge is 2.25. The van der Waals surface area contributed by atoms with Crippen molar-refractivity contribution >= 4 is 13.8 Å². The zero-order chi connectivity index (χ0) is 40.9. The van der Waals surface area contributed by atoms with Crippen molar-refractivity contribution in [2.24, 2.45) is 5.73 Å². The van der Waals surface area contributed by atoms with Gasteiger partial charge in [-0.3, -0.25) is 13.8 Å². The summed E-state index contributed by atoms with van der Waals surface area (Å²) in [7, 11) is -4.29. The van der Waals surface area contributed by atoms with Gasteiger partial charge in [-0.15, -0.1) is 0 Å². The molecule has 3 N–H and O–H groups in total. The summed E-state index contributed by atoms with van der Waals surface area (Å²) in [4.78, 5) is 22.5. The Morgan fingerprint density at radius 1 is 0.554 bits per heavy atom. The minimum atomic E-state index is -4.29. The number of hydrogen-bond donors (Lipinski definition) is 2. The van der Waals surface area contributed by atoms with Crippen LogP contribution in [0.15, 0.2) is 72.9 Å². The molecule has 0 saturated heterocycles. The highest BCUT2D eigenvalue weighted by Crippen LogP contribution is 2.43. The van der Waals surface area contributed by atoms with Crippen molar-refractivity contribution < 1.29 is 32.8 Å². The van der Waals surface area contributed by atoms with Gasteiger partial charge in [0, 0.05) is 19.6 Å². The van der Waals surface area contributed by atoms with E-state index in [1.54, 1.807) is 0 Å². The van der Waals surface area contributed by atoms with E-state index >= 15 is 0 Å². The van der Waals surface area contributed by atoms with Crippen molar-refractivity contribution in [2.45, 2.75) is 187 Å². The Kier molecular flexibility index (Phi) is 42.4. The van der Waals surface area contributed by atoms with E-state index in [1.807, 2.05) is 0 Å². The molecule has 2 atom stereocenters. The summed E-state index contributed by atoms with van der Waals surface area (Å²) < 4.78 is 33.5. The minimum absolute atomic E-state index is 0.0927. The van der Waals surface area contributed by atoms with Crippen LogP contribution in [0.4, 0.5) is 0 Å². The maximum atomic E-state index is 12.6. The third kappa shape index (κ3) is 43.1. The van der Waals surface area contributed by atoms with Gasteiger partial charge in [0.2, 0.25) is 0 Å². The minimum Gasteiger partial charge on any atom is -0.457 e. The number of rotatable bonds is 42. The van der Waals surface area contributed by atoms with Gasteiger partial charge in [0.15, 0.2) is 0 Å². The van der Waals surface area contributed by atoms with Crippen LogP contribution in [0.25, 0.3) is 0 Å². The number of allylic oxidation sites excluding steroid dienone is 12. The highest BCUT2D eigenvalue weighted by atomic mass is 31.2. The van der Waals surface area contributed by atoms with Gasteiger partial charge < -0.3 is 20.1 Å². The predicted molar refractivity (Wildman–Crippen MR) is 238 cm³/mol. The summed E-state index contributed by atoms with van der Waals surface area (Å²) in [6.07, 6.45) is 54.9. The monoisotopic (exact) mass is 806 g/mol. The van der Waals surface area contributed by atoms with Crippen molar-refractivity contribution in [3.05, 3.63) is 72.9 Å². The molecule has 0 bridgehead atoms. The molecule has 0 aromatic rings. The maximum Gasteiger partial charge on any atom is 0.472 e. The molecule has 0 rings (SSSR count). The average Bonchev–Trinajstić information content (AvgIpc) is 3.19. The molecule has 0 aliphatic heterocycles. The first-order valence-electron chi connectivity index (χ1n) is 22.4. The van der Waals surface area contributed by atoms with Crippen molar-refractivity contribution in [3.63, 3.8) is 0 Å². The van der Waals surface area contributed by atoms with E-state index in [2.05, 4.69) is 86.8 Å². The van der Waals surface area contributed by atoms with E-state index in [0.29, 0.717) is 13.0 Å². The Morgan fingerprint density at radius 3 is 1.50 bits per heavy atom. The van der Waals surface area contributed by atoms with Crippen LogP contribution in [0.5, 0.6) is 0 Å². The van der Waals surface area contributed by atoms with Gasteiger partial charge in [-0.1, -0.05) is 164 Å². The maximum absolute atomic E-state index is 12.6. The normalized spacial score (nSPS) is 14.1. The number of carbonyl (C=O) groups excluding carboxylic acids is 1. The predicted octanol–water partition coefficient (Wildman–Crippen LogP) is 13.5. The lowest BCUT2D eigenvalue weighted by Crippen LogP contribution is -2.28. The van der Waals surface area contributed by atoms with Gasteiger partial charge in [0.25, 0.3) is 0 Å². The van der Waals surface area contributed by atoms with E-state index in [1.165, 1.54) is 83.5 Å². The molecule has 0 saturated carbocycles. The van der Waals surface area contributed by atoms with Gasteiger partial charge in [-0.2, -0.15) is 0 Å². The largest absolute Gasteiger partial charge is 0.472 e. The van der Waals surface area contributed by atoms with Crippen molar-refractivity contribution in [3.8, 4) is 0 Å². The Labute approximate surface area is 344 Å². The summed E-state index contributed by atoms with van der Waals surface area (Å²) in [6.45, 7) is 4.73. The molecule has 0 spiro atoms. The first-order chi connectivity index (χ1) is 27.4. The topological polar surface area (TPSA) is 117 Å². The second kappa shape index (κ2) is 44.1. The molecule has 9 heteroatoms. The number of hydrogen-bond acceptors (Lipinski definition) is 7. The first-order valence-corrected chi connectivity index (χ1v) is 23.9. The Balaban J connectivity index is 4.07. The fraction of sp³-hybridized carbons (Fsp3) is 0.723. The molecule has 0 aliphatic carbocycles. The van der Waals surface area contributed by atoms with Crippen LogP contribution >= 0.6 is 7.82 Å². The van der Waals surface area contributed by atoms with Crippen LogP contribution in [0, 0.1) is 0 Å². The van der Waals surface area contributed by atoms with Crippen LogP contribution in [0.2, 0.25) is 0 Å². The fourth-order valence-corrected chi connectivity index (χ4v) is 6.61. The Hall–Kier alpha value is -2.06. The number of nitrogens with two attached hydrogens (primary N) is 1. The number of ether oxygens (including phenoxy) is 2. The molecule has 0 aromatic heterocycles. The third-order valence-electron chi connectivity index (χ3n) is 9.11. The fourth-order valence-electron chi connectivity index (χ4n) is 5.84. The first kappa shape index (κ1) is 53.9. The molecular weight excluding hydrogens is 721 g/mol. The number of unbranched alkanes of at least 4 members (excludes halogenated alkanes) is 17. The highest BCUT2D eigenvalue weighted by molar-refractivity contribution is 7.47. The molecule has 2 unspecified atom stereocenters. The number of phosphoric ester groups is 1. The summed E-state index contributed by atoms with van der Waals surface area (Å²) >= 11 is 0. The van der Waals surface area contributed by atoms with Crippen LogP contribution in [0.3, 0.4) is 0 Å². The SMILES string of the molecule is CC/C=C\C/C=C\C/C=C\C/C=C\CCCCCCCOCC(COP(=O)(O)OCCN)OC(=O)CCCCCCCCCCC/C=C\C/C=C\CCCCC. The Morgan fingerprint density at radius 2 is 1.00 bits per heavy atom. The average molecular weight is 806 g/mol. The molecule has 0 heterocycles. The smallest absolute Gasteiger partial charge is 0.457 e. The second-order valence-corrected chi connectivity index (χ2v) is 16.0. The van der Waals surface area contributed by atoms with Gasteiger partial charge in [0.05, 0.1) is 19.8 Å². The standard InChI is InChI=1S/C47H84NO7P/c1-3-5-7-9-11-13-15-17-19-21-23-24-26-28-30-32-34-36-38-40-47(49)55-46(45-54-56(50,51)53-43-41-48)44-52-42-39-37-35-33-31-29-27-25-22-20-18-16-14-12-10-8-6-4-2/h6,8,11-14,17-20,25,27,46H,3-5,7,9-10,15-16,21-24,26,28-45,48H2,1-2H3,(H,50,51)/b8-6-,13-11-,14-12-,19-17-,20-18-,27-25-. The number of esters is 1. The van der Waals surface area contributed by atoms with E-state index < -0.39 is 13.9 Å². The molecule has 0 radical (unpaired) electrons. The van der Waals surface area contributed by atoms with Crippen LogP contribution in [0.1, 0.15) is 181 Å². The quantitative estimate of drug-likeness (QED) is 0.0271.